The lowest BCUT2D eigenvalue weighted by Crippen LogP contribution is -2.66. The van der Waals surface area contributed by atoms with E-state index in [1.807, 2.05) is 11.1 Å². The monoisotopic (exact) mass is 482 g/mol. The van der Waals surface area contributed by atoms with Crippen molar-refractivity contribution < 1.29 is 4.79 Å². The molecule has 1 aromatic carbocycles. The zero-order chi connectivity index (χ0) is 24.2. The molecule has 36 heavy (non-hydrogen) atoms. The van der Waals surface area contributed by atoms with Crippen molar-refractivity contribution in [2.75, 3.05) is 39.8 Å². The average Bonchev–Trinajstić information content (AvgIpc) is 3.31. The van der Waals surface area contributed by atoms with Crippen LogP contribution in [-0.2, 0) is 6.54 Å². The minimum Gasteiger partial charge on any atom is -0.346 e. The van der Waals surface area contributed by atoms with Crippen LogP contribution in [0.3, 0.4) is 0 Å². The van der Waals surface area contributed by atoms with Crippen LogP contribution in [0, 0.1) is 5.92 Å². The van der Waals surface area contributed by atoms with Crippen LogP contribution in [-0.4, -0.2) is 82.6 Å². The molecule has 2 saturated heterocycles. The van der Waals surface area contributed by atoms with E-state index in [-0.39, 0.29) is 12.1 Å². The Bertz CT molecular complexity index is 1320. The summed E-state index contributed by atoms with van der Waals surface area (Å²) in [6, 6.07) is 11.9. The summed E-state index contributed by atoms with van der Waals surface area (Å²) in [5, 5.41) is 4.35. The predicted octanol–water partition coefficient (Wildman–Crippen LogP) is 3.94. The molecule has 3 unspecified atom stereocenters. The average molecular weight is 483 g/mol. The number of benzene rings is 1. The van der Waals surface area contributed by atoms with Gasteiger partial charge in [0, 0.05) is 80.1 Å². The van der Waals surface area contributed by atoms with Crippen molar-refractivity contribution in [1.29, 1.82) is 0 Å². The molecule has 7 nitrogen and oxygen atoms in total. The Morgan fingerprint density at radius 1 is 1.03 bits per heavy atom. The summed E-state index contributed by atoms with van der Waals surface area (Å²) < 4.78 is 0. The number of nitrogens with zero attached hydrogens (tertiary/aromatic N) is 4. The SMILES string of the molecule is CN1CCN(Cc2ccc(-c3cnc4[nH]cc(C5=CC6C7CCC7NC(=O)N6CC5)c4c3)cc2)CC1. The van der Waals surface area contributed by atoms with Crippen LogP contribution in [0.15, 0.2) is 48.8 Å². The molecule has 5 heterocycles. The van der Waals surface area contributed by atoms with E-state index in [9.17, 15) is 4.79 Å². The number of aromatic nitrogens is 2. The summed E-state index contributed by atoms with van der Waals surface area (Å²) in [6.45, 7) is 6.35. The van der Waals surface area contributed by atoms with E-state index in [1.54, 1.807) is 0 Å². The molecule has 186 valence electrons. The van der Waals surface area contributed by atoms with Crippen LogP contribution >= 0.6 is 0 Å². The molecule has 3 aromatic rings. The molecular weight excluding hydrogens is 448 g/mol. The number of aromatic amines is 1. The van der Waals surface area contributed by atoms with Gasteiger partial charge < -0.3 is 20.1 Å². The zero-order valence-electron chi connectivity index (χ0n) is 20.9. The first-order chi connectivity index (χ1) is 17.6. The van der Waals surface area contributed by atoms with Crippen LogP contribution < -0.4 is 5.32 Å². The molecule has 3 fully saturated rings. The fraction of sp³-hybridized carbons (Fsp3) is 0.448. The molecule has 2 aromatic heterocycles. The lowest BCUT2D eigenvalue weighted by molar-refractivity contribution is 0.0661. The third-order valence-corrected chi connectivity index (χ3v) is 8.86. The first kappa shape index (κ1) is 22.1. The molecule has 3 atom stereocenters. The number of carbonyl (C=O) groups excluding carboxylic acids is 1. The molecule has 2 amide bonds. The van der Waals surface area contributed by atoms with Crippen LogP contribution in [0.5, 0.6) is 0 Å². The van der Waals surface area contributed by atoms with Gasteiger partial charge >= 0.3 is 6.03 Å². The fourth-order valence-electron chi connectivity index (χ4n) is 6.43. The highest BCUT2D eigenvalue weighted by Gasteiger charge is 2.46. The van der Waals surface area contributed by atoms with E-state index in [0.29, 0.717) is 12.0 Å². The molecule has 4 aliphatic rings. The molecule has 3 aliphatic heterocycles. The summed E-state index contributed by atoms with van der Waals surface area (Å²) in [4.78, 5) is 27.6. The maximum Gasteiger partial charge on any atom is 0.318 e. The van der Waals surface area contributed by atoms with Crippen molar-refractivity contribution in [2.24, 2.45) is 5.92 Å². The summed E-state index contributed by atoms with van der Waals surface area (Å²) in [7, 11) is 2.20. The number of H-pyrrole nitrogens is 1. The highest BCUT2D eigenvalue weighted by molar-refractivity contribution is 5.94. The van der Waals surface area contributed by atoms with Gasteiger partial charge in [0.25, 0.3) is 0 Å². The molecule has 1 aliphatic carbocycles. The number of piperazine rings is 1. The number of hydrogen-bond donors (Lipinski definition) is 2. The Kier molecular flexibility index (Phi) is 5.36. The van der Waals surface area contributed by atoms with Gasteiger partial charge in [-0.15, -0.1) is 0 Å². The summed E-state index contributed by atoms with van der Waals surface area (Å²) in [5.74, 6) is 0.543. The van der Waals surface area contributed by atoms with E-state index in [2.05, 4.69) is 69.8 Å². The van der Waals surface area contributed by atoms with Gasteiger partial charge in [0.05, 0.1) is 6.04 Å². The van der Waals surface area contributed by atoms with E-state index in [4.69, 9.17) is 4.98 Å². The van der Waals surface area contributed by atoms with Gasteiger partial charge in [-0.1, -0.05) is 30.3 Å². The van der Waals surface area contributed by atoms with Crippen molar-refractivity contribution in [3.63, 3.8) is 0 Å². The van der Waals surface area contributed by atoms with Crippen LogP contribution in [0.4, 0.5) is 4.79 Å². The maximum atomic E-state index is 12.5. The van der Waals surface area contributed by atoms with E-state index >= 15 is 0 Å². The normalized spacial score (nSPS) is 26.7. The molecular formula is C29H34N6O. The molecule has 2 N–H and O–H groups in total. The highest BCUT2D eigenvalue weighted by atomic mass is 16.2. The van der Waals surface area contributed by atoms with Crippen molar-refractivity contribution in [2.45, 2.75) is 37.9 Å². The van der Waals surface area contributed by atoms with Gasteiger partial charge in [0.2, 0.25) is 0 Å². The number of fused-ring (bicyclic) bond motifs is 4. The Morgan fingerprint density at radius 3 is 2.64 bits per heavy atom. The molecule has 0 radical (unpaired) electrons. The second-order valence-corrected chi connectivity index (χ2v) is 11.0. The summed E-state index contributed by atoms with van der Waals surface area (Å²) >= 11 is 0. The number of rotatable bonds is 4. The van der Waals surface area contributed by atoms with Gasteiger partial charge in [-0.2, -0.15) is 0 Å². The number of urea groups is 1. The Morgan fingerprint density at radius 2 is 1.86 bits per heavy atom. The van der Waals surface area contributed by atoms with Gasteiger partial charge in [0.15, 0.2) is 0 Å². The number of nitrogens with one attached hydrogen (secondary N) is 2. The first-order valence-electron chi connectivity index (χ1n) is 13.4. The van der Waals surface area contributed by atoms with Crippen LogP contribution in [0.1, 0.15) is 30.4 Å². The van der Waals surface area contributed by atoms with Crippen molar-refractivity contribution in [1.82, 2.24) is 30.0 Å². The van der Waals surface area contributed by atoms with Crippen molar-refractivity contribution in [3.8, 4) is 11.1 Å². The Hall–Kier alpha value is -3.16. The number of pyridine rings is 1. The minimum atomic E-state index is 0.107. The molecule has 7 rings (SSSR count). The van der Waals surface area contributed by atoms with Crippen molar-refractivity contribution >= 4 is 22.6 Å². The molecule has 0 spiro atoms. The van der Waals surface area contributed by atoms with Gasteiger partial charge in [-0.25, -0.2) is 9.78 Å². The van der Waals surface area contributed by atoms with E-state index < -0.39 is 0 Å². The number of hydrogen-bond acceptors (Lipinski definition) is 4. The van der Waals surface area contributed by atoms with Gasteiger partial charge in [-0.3, -0.25) is 4.90 Å². The van der Waals surface area contributed by atoms with E-state index in [0.717, 1.165) is 63.3 Å². The standard InChI is InChI=1S/C29H34N6O/c1-33-10-12-34(13-11-33)18-19-2-4-20(5-3-19)22-14-24-25(17-31-28(24)30-16-22)21-8-9-35-27(15-21)23-6-7-26(23)32-29(35)36/h2-5,14-17,23,26-27H,6-13,18H2,1H3,(H,30,31)(H,32,36). The predicted molar refractivity (Wildman–Crippen MR) is 142 cm³/mol. The second-order valence-electron chi connectivity index (χ2n) is 11.0. The quantitative estimate of drug-likeness (QED) is 0.591. The van der Waals surface area contributed by atoms with Crippen LogP contribution in [0.2, 0.25) is 0 Å². The lowest BCUT2D eigenvalue weighted by atomic mass is 9.71. The lowest BCUT2D eigenvalue weighted by Gasteiger charge is -2.52. The highest BCUT2D eigenvalue weighted by Crippen LogP contribution is 2.41. The summed E-state index contributed by atoms with van der Waals surface area (Å²) in [5.41, 5.74) is 7.19. The third-order valence-electron chi connectivity index (χ3n) is 8.86. The Balaban J connectivity index is 1.14. The van der Waals surface area contributed by atoms with Crippen LogP contribution in [0.25, 0.3) is 27.7 Å². The van der Waals surface area contributed by atoms with Gasteiger partial charge in [0.1, 0.15) is 5.65 Å². The number of likely N-dealkylation sites (N-methyl/N-ethyl adjacent to an activating group) is 1. The second kappa shape index (κ2) is 8.75. The van der Waals surface area contributed by atoms with Gasteiger partial charge in [-0.05, 0) is 49.1 Å². The third kappa shape index (κ3) is 3.82. The minimum absolute atomic E-state index is 0.107. The summed E-state index contributed by atoms with van der Waals surface area (Å²) in [6.07, 6.45) is 9.61. The molecule has 1 saturated carbocycles. The molecule has 0 bridgehead atoms. The zero-order valence-corrected chi connectivity index (χ0v) is 20.9. The van der Waals surface area contributed by atoms with Crippen molar-refractivity contribution in [3.05, 3.63) is 59.9 Å². The number of amides is 2. The fourth-order valence-corrected chi connectivity index (χ4v) is 6.43. The smallest absolute Gasteiger partial charge is 0.318 e. The molecule has 7 heteroatoms. The first-order valence-corrected chi connectivity index (χ1v) is 13.4. The Labute approximate surface area is 212 Å². The number of carbonyl (C=O) groups is 1. The topological polar surface area (TPSA) is 67.5 Å². The van der Waals surface area contributed by atoms with E-state index in [1.165, 1.54) is 34.1 Å². The maximum absolute atomic E-state index is 12.5. The largest absolute Gasteiger partial charge is 0.346 e.